The van der Waals surface area contributed by atoms with Crippen LogP contribution in [0.3, 0.4) is 0 Å². The molecule has 0 N–H and O–H groups in total. The number of halogens is 1. The molecule has 25 heavy (non-hydrogen) atoms. The van der Waals surface area contributed by atoms with Crippen LogP contribution in [0, 0.1) is 6.92 Å². The lowest BCUT2D eigenvalue weighted by Crippen LogP contribution is -2.25. The third-order valence-electron chi connectivity index (χ3n) is 4.90. The molecule has 3 heterocycles. The van der Waals surface area contributed by atoms with Gasteiger partial charge >= 0.3 is 0 Å². The van der Waals surface area contributed by atoms with Crippen molar-refractivity contribution in [3.05, 3.63) is 80.3 Å². The molecule has 1 aromatic carbocycles. The molecule has 0 saturated carbocycles. The smallest absolute Gasteiger partial charge is 0.258 e. The summed E-state index contributed by atoms with van der Waals surface area (Å²) >= 11 is 3.57. The van der Waals surface area contributed by atoms with Crippen LogP contribution in [0.5, 0.6) is 0 Å². The Kier molecular flexibility index (Phi) is 4.44. The molecule has 4 rings (SSSR count). The van der Waals surface area contributed by atoms with Gasteiger partial charge in [-0.15, -0.1) is 0 Å². The van der Waals surface area contributed by atoms with Gasteiger partial charge in [0.25, 0.3) is 5.56 Å². The zero-order chi connectivity index (χ0) is 17.4. The maximum atomic E-state index is 12.4. The summed E-state index contributed by atoms with van der Waals surface area (Å²) in [6.07, 6.45) is 4.09. The summed E-state index contributed by atoms with van der Waals surface area (Å²) in [5.41, 5.74) is 3.93. The van der Waals surface area contributed by atoms with Gasteiger partial charge < -0.3 is 0 Å². The van der Waals surface area contributed by atoms with Crippen molar-refractivity contribution in [1.82, 2.24) is 14.3 Å². The van der Waals surface area contributed by atoms with Crippen LogP contribution in [0.25, 0.3) is 5.65 Å². The second kappa shape index (κ2) is 6.73. The molecule has 2 aromatic heterocycles. The highest BCUT2D eigenvalue weighted by molar-refractivity contribution is 9.10. The van der Waals surface area contributed by atoms with E-state index in [4.69, 9.17) is 4.98 Å². The quantitative estimate of drug-likeness (QED) is 0.667. The number of rotatable bonds is 3. The van der Waals surface area contributed by atoms with Gasteiger partial charge in [0.15, 0.2) is 0 Å². The Labute approximate surface area is 155 Å². The average Bonchev–Trinajstić information content (AvgIpc) is 3.04. The highest BCUT2D eigenvalue weighted by atomic mass is 79.9. The highest BCUT2D eigenvalue weighted by Gasteiger charge is 2.26. The van der Waals surface area contributed by atoms with Crippen molar-refractivity contribution in [3.63, 3.8) is 0 Å². The fourth-order valence-corrected chi connectivity index (χ4v) is 4.12. The van der Waals surface area contributed by atoms with E-state index in [0.29, 0.717) is 12.6 Å². The summed E-state index contributed by atoms with van der Waals surface area (Å²) in [7, 11) is 0. The number of hydrogen-bond donors (Lipinski definition) is 0. The van der Waals surface area contributed by atoms with E-state index >= 15 is 0 Å². The number of fused-ring (bicyclic) bond motifs is 1. The normalized spacial score (nSPS) is 18.1. The highest BCUT2D eigenvalue weighted by Crippen LogP contribution is 2.33. The summed E-state index contributed by atoms with van der Waals surface area (Å²) in [5, 5.41) is 0. The average molecular weight is 398 g/mol. The predicted molar refractivity (Wildman–Crippen MR) is 103 cm³/mol. The molecule has 1 unspecified atom stereocenters. The van der Waals surface area contributed by atoms with Crippen molar-refractivity contribution in [2.45, 2.75) is 32.4 Å². The lowest BCUT2D eigenvalue weighted by molar-refractivity contribution is 0.245. The first kappa shape index (κ1) is 16.5. The summed E-state index contributed by atoms with van der Waals surface area (Å²) in [6.45, 7) is 3.73. The summed E-state index contributed by atoms with van der Waals surface area (Å²) < 4.78 is 2.73. The Bertz CT molecular complexity index is 982. The minimum Gasteiger partial charge on any atom is -0.291 e. The molecule has 1 fully saturated rings. The van der Waals surface area contributed by atoms with Gasteiger partial charge in [-0.05, 0) is 55.6 Å². The first-order valence-electron chi connectivity index (χ1n) is 8.59. The van der Waals surface area contributed by atoms with Gasteiger partial charge in [-0.3, -0.25) is 14.1 Å². The lowest BCUT2D eigenvalue weighted by Gasteiger charge is -2.24. The summed E-state index contributed by atoms with van der Waals surface area (Å²) in [6, 6.07) is 14.4. The predicted octanol–water partition coefficient (Wildman–Crippen LogP) is 4.10. The van der Waals surface area contributed by atoms with Gasteiger partial charge in [0.05, 0.1) is 5.69 Å². The molecule has 0 radical (unpaired) electrons. The molecule has 128 valence electrons. The van der Waals surface area contributed by atoms with E-state index < -0.39 is 0 Å². The first-order valence-corrected chi connectivity index (χ1v) is 9.38. The first-order chi connectivity index (χ1) is 12.1. The Hall–Kier alpha value is -1.98. The Morgan fingerprint density at radius 3 is 2.96 bits per heavy atom. The van der Waals surface area contributed by atoms with Crippen LogP contribution < -0.4 is 5.56 Å². The molecule has 0 aliphatic carbocycles. The number of nitrogens with zero attached hydrogens (tertiary/aromatic N) is 3. The van der Waals surface area contributed by atoms with Crippen LogP contribution in [0.1, 0.15) is 35.7 Å². The Morgan fingerprint density at radius 1 is 1.24 bits per heavy atom. The summed E-state index contributed by atoms with van der Waals surface area (Å²) in [5.74, 6) is 0. The third-order valence-corrected chi connectivity index (χ3v) is 5.39. The maximum absolute atomic E-state index is 12.4. The molecule has 0 amide bonds. The van der Waals surface area contributed by atoms with Gasteiger partial charge in [0.1, 0.15) is 5.65 Å². The number of benzene rings is 1. The van der Waals surface area contributed by atoms with Crippen molar-refractivity contribution >= 4 is 21.6 Å². The zero-order valence-corrected chi connectivity index (χ0v) is 15.7. The van der Waals surface area contributed by atoms with Gasteiger partial charge in [0.2, 0.25) is 0 Å². The molecular weight excluding hydrogens is 378 g/mol. The van der Waals surface area contributed by atoms with Crippen LogP contribution in [0.2, 0.25) is 0 Å². The molecule has 1 saturated heterocycles. The van der Waals surface area contributed by atoms with Gasteiger partial charge in [-0.1, -0.05) is 34.1 Å². The number of pyridine rings is 1. The van der Waals surface area contributed by atoms with Crippen LogP contribution in [-0.2, 0) is 6.54 Å². The molecule has 4 nitrogen and oxygen atoms in total. The van der Waals surface area contributed by atoms with E-state index in [1.54, 1.807) is 16.7 Å². The minimum atomic E-state index is -0.0121. The van der Waals surface area contributed by atoms with Gasteiger partial charge in [0, 0.05) is 29.3 Å². The molecule has 3 aromatic rings. The topological polar surface area (TPSA) is 37.6 Å². The van der Waals surface area contributed by atoms with Crippen LogP contribution in [0.4, 0.5) is 0 Å². The van der Waals surface area contributed by atoms with Crippen molar-refractivity contribution in [1.29, 1.82) is 0 Å². The maximum Gasteiger partial charge on any atom is 0.258 e. The standard InChI is InChI=1S/C20H20BrN3O/c1-14-5-3-10-24-19(25)12-17(22-20(14)24)13-23-9-4-8-18(23)15-6-2-7-16(21)11-15/h2-3,5-7,10-12,18H,4,8-9,13H2,1H3. The number of likely N-dealkylation sites (tertiary alicyclic amines) is 1. The van der Waals surface area contributed by atoms with E-state index in [9.17, 15) is 4.79 Å². The molecule has 1 atom stereocenters. The lowest BCUT2D eigenvalue weighted by atomic mass is 10.0. The van der Waals surface area contributed by atoms with Crippen molar-refractivity contribution in [2.75, 3.05) is 6.54 Å². The van der Waals surface area contributed by atoms with E-state index in [1.165, 1.54) is 12.0 Å². The zero-order valence-electron chi connectivity index (χ0n) is 14.2. The number of hydrogen-bond acceptors (Lipinski definition) is 3. The van der Waals surface area contributed by atoms with Crippen LogP contribution >= 0.6 is 15.9 Å². The van der Waals surface area contributed by atoms with Gasteiger partial charge in [-0.2, -0.15) is 0 Å². The van der Waals surface area contributed by atoms with Crippen LogP contribution in [0.15, 0.2) is 57.9 Å². The molecule has 0 bridgehead atoms. The van der Waals surface area contributed by atoms with Crippen molar-refractivity contribution < 1.29 is 0 Å². The SMILES string of the molecule is Cc1cccn2c(=O)cc(CN3CCCC3c3cccc(Br)c3)nc12. The van der Waals surface area contributed by atoms with E-state index in [-0.39, 0.29) is 5.56 Å². The second-order valence-corrected chi connectivity index (χ2v) is 7.57. The summed E-state index contributed by atoms with van der Waals surface area (Å²) in [4.78, 5) is 19.6. The number of aryl methyl sites for hydroxylation is 1. The van der Waals surface area contributed by atoms with Crippen LogP contribution in [-0.4, -0.2) is 20.8 Å². The van der Waals surface area contributed by atoms with E-state index in [1.807, 2.05) is 19.1 Å². The van der Waals surface area contributed by atoms with Gasteiger partial charge in [-0.25, -0.2) is 4.98 Å². The molecule has 1 aliphatic heterocycles. The Balaban J connectivity index is 1.66. The van der Waals surface area contributed by atoms with Crippen molar-refractivity contribution in [2.24, 2.45) is 0 Å². The van der Waals surface area contributed by atoms with E-state index in [0.717, 1.165) is 34.3 Å². The fourth-order valence-electron chi connectivity index (χ4n) is 3.70. The molecule has 0 spiro atoms. The second-order valence-electron chi connectivity index (χ2n) is 6.65. The largest absolute Gasteiger partial charge is 0.291 e. The molecule has 5 heteroatoms. The molecule has 1 aliphatic rings. The fraction of sp³-hybridized carbons (Fsp3) is 0.300. The Morgan fingerprint density at radius 2 is 2.12 bits per heavy atom. The third kappa shape index (κ3) is 3.26. The number of aromatic nitrogens is 2. The molecular formula is C20H20BrN3O. The monoisotopic (exact) mass is 397 g/mol. The van der Waals surface area contributed by atoms with E-state index in [2.05, 4.69) is 45.1 Å². The minimum absolute atomic E-state index is 0.0121. The van der Waals surface area contributed by atoms with Crippen molar-refractivity contribution in [3.8, 4) is 0 Å².